The molecule has 1 atom stereocenters. The molecule has 0 aliphatic carbocycles. The Morgan fingerprint density at radius 2 is 1.69 bits per heavy atom. The van der Waals surface area contributed by atoms with E-state index in [1.807, 2.05) is 36.4 Å². The second kappa shape index (κ2) is 12.7. The van der Waals surface area contributed by atoms with E-state index >= 15 is 0 Å². The molecule has 0 spiro atoms. The summed E-state index contributed by atoms with van der Waals surface area (Å²) in [6.07, 6.45) is 2.04. The number of carbonyl (C=O) groups is 1. The zero-order chi connectivity index (χ0) is 27.8. The molecule has 0 radical (unpaired) electrons. The van der Waals surface area contributed by atoms with E-state index in [1.165, 1.54) is 17.7 Å². The molecule has 1 heterocycles. The molecule has 0 saturated heterocycles. The topological polar surface area (TPSA) is 114 Å². The number of aliphatic hydroxyl groups is 1. The SMILES string of the molecule is CC(C)(Cc1cccc(CC(=O)NCCCc2ccccc2)c1)NC[C@H](O)c1ccc(O)c2[nH]c(=O)ccc12. The van der Waals surface area contributed by atoms with Gasteiger partial charge in [0.05, 0.1) is 18.0 Å². The van der Waals surface area contributed by atoms with Crippen molar-refractivity contribution in [2.45, 2.75) is 51.2 Å². The lowest BCUT2D eigenvalue weighted by Crippen LogP contribution is -2.43. The Balaban J connectivity index is 1.29. The largest absolute Gasteiger partial charge is 0.506 e. The fourth-order valence-corrected chi connectivity index (χ4v) is 4.87. The summed E-state index contributed by atoms with van der Waals surface area (Å²) in [5.41, 5.74) is 3.63. The van der Waals surface area contributed by atoms with E-state index < -0.39 is 6.10 Å². The number of H-pyrrole nitrogens is 1. The first-order valence-corrected chi connectivity index (χ1v) is 13.4. The van der Waals surface area contributed by atoms with Gasteiger partial charge in [0.1, 0.15) is 5.75 Å². The molecular formula is C32H37N3O4. The van der Waals surface area contributed by atoms with E-state index in [-0.39, 0.29) is 29.3 Å². The molecule has 4 rings (SSSR count). The number of aromatic hydroxyl groups is 1. The highest BCUT2D eigenvalue weighted by atomic mass is 16.3. The summed E-state index contributed by atoms with van der Waals surface area (Å²) in [4.78, 5) is 26.8. The maximum atomic E-state index is 12.5. The fourth-order valence-electron chi connectivity index (χ4n) is 4.87. The number of benzene rings is 3. The molecule has 7 nitrogen and oxygen atoms in total. The van der Waals surface area contributed by atoms with Gasteiger partial charge in [-0.1, -0.05) is 60.7 Å². The number of fused-ring (bicyclic) bond motifs is 1. The van der Waals surface area contributed by atoms with Crippen LogP contribution in [-0.2, 0) is 24.1 Å². The van der Waals surface area contributed by atoms with E-state index in [4.69, 9.17) is 0 Å². The van der Waals surface area contributed by atoms with Crippen LogP contribution in [0.15, 0.2) is 83.7 Å². The molecule has 4 aromatic rings. The maximum Gasteiger partial charge on any atom is 0.248 e. The second-order valence-electron chi connectivity index (χ2n) is 10.7. The normalized spacial score (nSPS) is 12.4. The molecule has 204 valence electrons. The van der Waals surface area contributed by atoms with Gasteiger partial charge in [-0.05, 0) is 67.5 Å². The first-order valence-electron chi connectivity index (χ1n) is 13.4. The lowest BCUT2D eigenvalue weighted by atomic mass is 9.92. The van der Waals surface area contributed by atoms with Crippen LogP contribution >= 0.6 is 0 Å². The van der Waals surface area contributed by atoms with E-state index in [2.05, 4.69) is 47.7 Å². The number of carbonyl (C=O) groups excluding carboxylic acids is 1. The predicted octanol–water partition coefficient (Wildman–Crippen LogP) is 4.17. The number of pyridine rings is 1. The Morgan fingerprint density at radius 3 is 2.49 bits per heavy atom. The monoisotopic (exact) mass is 527 g/mol. The Kier molecular flexibility index (Phi) is 9.17. The summed E-state index contributed by atoms with van der Waals surface area (Å²) in [6, 6.07) is 24.5. The number of hydrogen-bond donors (Lipinski definition) is 5. The zero-order valence-electron chi connectivity index (χ0n) is 22.5. The van der Waals surface area contributed by atoms with Gasteiger partial charge in [-0.15, -0.1) is 0 Å². The van der Waals surface area contributed by atoms with Crippen LogP contribution in [0.4, 0.5) is 0 Å². The summed E-state index contributed by atoms with van der Waals surface area (Å²) < 4.78 is 0. The number of phenolic OH excluding ortho intramolecular Hbond substituents is 1. The number of nitrogens with one attached hydrogen (secondary N) is 3. The Hall–Kier alpha value is -3.94. The standard InChI is InChI=1S/C32H37N3O4/c1-32(2,34-21-28(37)25-13-15-27(36)31-26(25)14-16-29(38)35-31)20-24-11-6-10-23(18-24)19-30(39)33-17-7-12-22-8-4-3-5-9-22/h3-6,8-11,13-16,18,28,34,36-37H,7,12,17,19-21H2,1-2H3,(H,33,39)(H,35,38)/t28-/m0/s1. The minimum absolute atomic E-state index is 0.0168. The first kappa shape index (κ1) is 28.1. The van der Waals surface area contributed by atoms with Gasteiger partial charge < -0.3 is 25.8 Å². The van der Waals surface area contributed by atoms with Crippen molar-refractivity contribution in [3.63, 3.8) is 0 Å². The van der Waals surface area contributed by atoms with E-state index in [0.717, 1.165) is 24.0 Å². The number of rotatable bonds is 12. The van der Waals surface area contributed by atoms with Gasteiger partial charge in [-0.2, -0.15) is 0 Å². The number of aliphatic hydroxyl groups excluding tert-OH is 1. The molecular weight excluding hydrogens is 490 g/mol. The highest BCUT2D eigenvalue weighted by Gasteiger charge is 2.21. The predicted molar refractivity (Wildman–Crippen MR) is 155 cm³/mol. The average molecular weight is 528 g/mol. The minimum atomic E-state index is -0.838. The van der Waals surface area contributed by atoms with Crippen molar-refractivity contribution in [2.24, 2.45) is 0 Å². The van der Waals surface area contributed by atoms with Crippen molar-refractivity contribution in [3.8, 4) is 5.75 Å². The van der Waals surface area contributed by atoms with Gasteiger partial charge in [0.25, 0.3) is 0 Å². The van der Waals surface area contributed by atoms with Gasteiger partial charge >= 0.3 is 0 Å². The second-order valence-corrected chi connectivity index (χ2v) is 10.7. The highest BCUT2D eigenvalue weighted by Crippen LogP contribution is 2.29. The van der Waals surface area contributed by atoms with Crippen molar-refractivity contribution in [2.75, 3.05) is 13.1 Å². The van der Waals surface area contributed by atoms with Crippen molar-refractivity contribution < 1.29 is 15.0 Å². The van der Waals surface area contributed by atoms with Gasteiger partial charge in [0.2, 0.25) is 11.5 Å². The molecule has 0 bridgehead atoms. The van der Waals surface area contributed by atoms with Crippen LogP contribution in [0.2, 0.25) is 0 Å². The number of aromatic amines is 1. The number of hydrogen-bond acceptors (Lipinski definition) is 5. The number of phenols is 1. The number of aromatic nitrogens is 1. The van der Waals surface area contributed by atoms with E-state index in [9.17, 15) is 19.8 Å². The molecule has 3 aromatic carbocycles. The van der Waals surface area contributed by atoms with Gasteiger partial charge in [0.15, 0.2) is 0 Å². The Bertz CT molecular complexity index is 1460. The third-order valence-corrected chi connectivity index (χ3v) is 6.85. The lowest BCUT2D eigenvalue weighted by molar-refractivity contribution is -0.120. The van der Waals surface area contributed by atoms with Crippen molar-refractivity contribution in [1.82, 2.24) is 15.6 Å². The van der Waals surface area contributed by atoms with Crippen LogP contribution in [0.25, 0.3) is 10.9 Å². The fraction of sp³-hybridized carbons (Fsp3) is 0.312. The van der Waals surface area contributed by atoms with Gasteiger partial charge in [-0.3, -0.25) is 9.59 Å². The van der Waals surface area contributed by atoms with E-state index in [0.29, 0.717) is 35.9 Å². The minimum Gasteiger partial charge on any atom is -0.506 e. The quantitative estimate of drug-likeness (QED) is 0.178. The molecule has 0 aliphatic heterocycles. The number of aryl methyl sites for hydroxylation is 1. The summed E-state index contributed by atoms with van der Waals surface area (Å²) in [5.74, 6) is -0.0177. The molecule has 0 saturated carbocycles. The molecule has 5 N–H and O–H groups in total. The lowest BCUT2D eigenvalue weighted by Gasteiger charge is -2.28. The number of amides is 1. The van der Waals surface area contributed by atoms with Crippen molar-refractivity contribution >= 4 is 16.8 Å². The first-order chi connectivity index (χ1) is 18.7. The van der Waals surface area contributed by atoms with Gasteiger partial charge in [-0.25, -0.2) is 0 Å². The molecule has 39 heavy (non-hydrogen) atoms. The smallest absolute Gasteiger partial charge is 0.248 e. The summed E-state index contributed by atoms with van der Waals surface area (Å²) in [7, 11) is 0. The highest BCUT2D eigenvalue weighted by molar-refractivity contribution is 5.87. The third-order valence-electron chi connectivity index (χ3n) is 6.85. The van der Waals surface area contributed by atoms with Crippen LogP contribution in [0, 0.1) is 0 Å². The maximum absolute atomic E-state index is 12.5. The van der Waals surface area contributed by atoms with Crippen LogP contribution in [-0.4, -0.2) is 39.7 Å². The van der Waals surface area contributed by atoms with Crippen LogP contribution in [0.5, 0.6) is 5.75 Å². The summed E-state index contributed by atoms with van der Waals surface area (Å²) in [5, 5.41) is 28.1. The summed E-state index contributed by atoms with van der Waals surface area (Å²) >= 11 is 0. The zero-order valence-corrected chi connectivity index (χ0v) is 22.5. The van der Waals surface area contributed by atoms with E-state index in [1.54, 1.807) is 12.1 Å². The van der Waals surface area contributed by atoms with Crippen LogP contribution in [0.1, 0.15) is 48.6 Å². The van der Waals surface area contributed by atoms with Crippen molar-refractivity contribution in [1.29, 1.82) is 0 Å². The molecule has 0 aliphatic rings. The molecule has 1 amide bonds. The summed E-state index contributed by atoms with van der Waals surface area (Å²) in [6.45, 7) is 5.08. The Labute approximate surface area is 228 Å². The third kappa shape index (κ3) is 8.02. The van der Waals surface area contributed by atoms with Crippen LogP contribution in [0.3, 0.4) is 0 Å². The molecule has 1 aromatic heterocycles. The molecule has 7 heteroatoms. The van der Waals surface area contributed by atoms with Crippen molar-refractivity contribution in [3.05, 3.63) is 111 Å². The average Bonchev–Trinajstić information content (AvgIpc) is 2.91. The molecule has 0 fully saturated rings. The molecule has 0 unspecified atom stereocenters. The number of β-amino-alcohol motifs (C(OH)–C–C–N with tert-alkyl or cyclic N) is 1. The Morgan fingerprint density at radius 1 is 0.949 bits per heavy atom. The van der Waals surface area contributed by atoms with Gasteiger partial charge in [0, 0.05) is 30.1 Å². The van der Waals surface area contributed by atoms with Crippen LogP contribution < -0.4 is 16.2 Å².